The van der Waals surface area contributed by atoms with E-state index in [0.717, 1.165) is 68.2 Å². The number of morpholine rings is 1. The predicted octanol–water partition coefficient (Wildman–Crippen LogP) is 2.91. The molecule has 2 aromatic rings. The van der Waals surface area contributed by atoms with Crippen LogP contribution in [-0.2, 0) is 27.6 Å². The molecular weight excluding hydrogens is 400 g/mol. The molecule has 0 radical (unpaired) electrons. The fourth-order valence-corrected chi connectivity index (χ4v) is 6.71. The van der Waals surface area contributed by atoms with Crippen LogP contribution in [0.4, 0.5) is 0 Å². The minimum atomic E-state index is -3.69. The lowest BCUT2D eigenvalue weighted by molar-refractivity contribution is 0.0264. The summed E-state index contributed by atoms with van der Waals surface area (Å²) < 4.78 is 33.8. The van der Waals surface area contributed by atoms with E-state index in [4.69, 9.17) is 4.74 Å². The van der Waals surface area contributed by atoms with Gasteiger partial charge in [0, 0.05) is 30.0 Å². The first-order valence-electron chi connectivity index (χ1n) is 11.0. The molecule has 4 rings (SSSR count). The largest absolute Gasteiger partial charge is 0.388 e. The van der Waals surface area contributed by atoms with Crippen molar-refractivity contribution in [3.05, 3.63) is 52.8 Å². The minimum absolute atomic E-state index is 0.153. The molecule has 2 heterocycles. The Hall–Kier alpha value is -1.67. The second kappa shape index (κ2) is 8.83. The molecular formula is C23H32N2O4S. The summed E-state index contributed by atoms with van der Waals surface area (Å²) in [6.45, 7) is 8.29. The SMILES string of the molecule is CCc1c2c(n(S(=O)(=O)c3ccccc3)c1C)CCC(CCN1CCOCC1)C2O. The van der Waals surface area contributed by atoms with Gasteiger partial charge in [0.15, 0.2) is 0 Å². The second-order valence-corrected chi connectivity index (χ2v) is 10.1. The van der Waals surface area contributed by atoms with Gasteiger partial charge in [-0.05, 0) is 62.8 Å². The summed E-state index contributed by atoms with van der Waals surface area (Å²) in [5.41, 5.74) is 3.34. The van der Waals surface area contributed by atoms with Crippen molar-refractivity contribution in [3.63, 3.8) is 0 Å². The third kappa shape index (κ3) is 3.84. The first-order chi connectivity index (χ1) is 14.4. The fourth-order valence-electron chi connectivity index (χ4n) is 5.05. The van der Waals surface area contributed by atoms with E-state index in [9.17, 15) is 13.5 Å². The quantitative estimate of drug-likeness (QED) is 0.760. The van der Waals surface area contributed by atoms with Crippen LogP contribution >= 0.6 is 0 Å². The van der Waals surface area contributed by atoms with Crippen molar-refractivity contribution < 1.29 is 18.3 Å². The first kappa shape index (κ1) is 21.6. The lowest BCUT2D eigenvalue weighted by Crippen LogP contribution is -2.38. The van der Waals surface area contributed by atoms with Gasteiger partial charge in [0.1, 0.15) is 0 Å². The van der Waals surface area contributed by atoms with Crippen molar-refractivity contribution in [1.29, 1.82) is 0 Å². The zero-order chi connectivity index (χ0) is 21.3. The predicted molar refractivity (Wildman–Crippen MR) is 116 cm³/mol. The van der Waals surface area contributed by atoms with Gasteiger partial charge in [-0.15, -0.1) is 0 Å². The Balaban J connectivity index is 1.65. The zero-order valence-corrected chi connectivity index (χ0v) is 18.7. The van der Waals surface area contributed by atoms with Crippen LogP contribution in [0.2, 0.25) is 0 Å². The van der Waals surface area contributed by atoms with Gasteiger partial charge in [-0.3, -0.25) is 4.90 Å². The zero-order valence-electron chi connectivity index (χ0n) is 17.9. The summed E-state index contributed by atoms with van der Waals surface area (Å²) in [7, 11) is -3.69. The van der Waals surface area contributed by atoms with Crippen LogP contribution < -0.4 is 0 Å². The van der Waals surface area contributed by atoms with E-state index in [-0.39, 0.29) is 10.8 Å². The number of benzene rings is 1. The number of aromatic nitrogens is 1. The standard InChI is InChI=1S/C23H32N2O4S/c1-3-20-17(2)25(30(27,28)19-7-5-4-6-8-19)21-10-9-18(23(26)22(20)21)11-12-24-13-15-29-16-14-24/h4-8,18,23,26H,3,9-16H2,1-2H3. The number of fused-ring (bicyclic) bond motifs is 1. The van der Waals surface area contributed by atoms with Crippen molar-refractivity contribution in [2.24, 2.45) is 5.92 Å². The summed E-state index contributed by atoms with van der Waals surface area (Å²) in [6, 6.07) is 8.58. The average molecular weight is 433 g/mol. The molecule has 1 aliphatic heterocycles. The Morgan fingerprint density at radius 2 is 1.87 bits per heavy atom. The molecule has 1 N–H and O–H groups in total. The van der Waals surface area contributed by atoms with E-state index in [1.807, 2.05) is 19.9 Å². The number of hydrogen-bond donors (Lipinski definition) is 1. The molecule has 2 aliphatic rings. The molecule has 7 heteroatoms. The molecule has 2 atom stereocenters. The molecule has 30 heavy (non-hydrogen) atoms. The Morgan fingerprint density at radius 1 is 1.17 bits per heavy atom. The van der Waals surface area contributed by atoms with Gasteiger partial charge < -0.3 is 9.84 Å². The highest BCUT2D eigenvalue weighted by molar-refractivity contribution is 7.90. The molecule has 1 aromatic heterocycles. The Morgan fingerprint density at radius 3 is 2.53 bits per heavy atom. The Kier molecular flexibility index (Phi) is 6.34. The normalized spacial score (nSPS) is 22.8. The van der Waals surface area contributed by atoms with E-state index >= 15 is 0 Å². The molecule has 0 saturated carbocycles. The lowest BCUT2D eigenvalue weighted by Gasteiger charge is -2.33. The highest BCUT2D eigenvalue weighted by Crippen LogP contribution is 2.42. The molecule has 1 saturated heterocycles. The average Bonchev–Trinajstić information content (AvgIpc) is 3.07. The third-order valence-corrected chi connectivity index (χ3v) is 8.51. The van der Waals surface area contributed by atoms with Crippen LogP contribution in [0.15, 0.2) is 35.2 Å². The van der Waals surface area contributed by atoms with Gasteiger partial charge in [0.25, 0.3) is 10.0 Å². The molecule has 1 fully saturated rings. The van der Waals surface area contributed by atoms with Crippen molar-refractivity contribution in [2.45, 2.75) is 50.5 Å². The topological polar surface area (TPSA) is 71.8 Å². The third-order valence-electron chi connectivity index (χ3n) is 6.67. The van der Waals surface area contributed by atoms with Crippen molar-refractivity contribution >= 4 is 10.0 Å². The Labute approximate surface area is 179 Å². The molecule has 6 nitrogen and oxygen atoms in total. The monoisotopic (exact) mass is 432 g/mol. The maximum Gasteiger partial charge on any atom is 0.268 e. The van der Waals surface area contributed by atoms with Gasteiger partial charge >= 0.3 is 0 Å². The maximum atomic E-state index is 13.4. The number of aliphatic hydroxyl groups excluding tert-OH is 1. The summed E-state index contributed by atoms with van der Waals surface area (Å²) in [5.74, 6) is 0.153. The molecule has 1 aliphatic carbocycles. The van der Waals surface area contributed by atoms with Crippen LogP contribution in [0, 0.1) is 12.8 Å². The molecule has 0 amide bonds. The Bertz CT molecular complexity index is 978. The smallest absolute Gasteiger partial charge is 0.268 e. The van der Waals surface area contributed by atoms with Gasteiger partial charge in [-0.2, -0.15) is 0 Å². The summed E-state index contributed by atoms with van der Waals surface area (Å²) in [4.78, 5) is 2.68. The summed E-state index contributed by atoms with van der Waals surface area (Å²) in [5, 5.41) is 11.3. The van der Waals surface area contributed by atoms with Gasteiger partial charge in [0.05, 0.1) is 24.2 Å². The van der Waals surface area contributed by atoms with Gasteiger partial charge in [-0.1, -0.05) is 25.1 Å². The molecule has 2 unspecified atom stereocenters. The van der Waals surface area contributed by atoms with Crippen LogP contribution in [-0.4, -0.2) is 55.2 Å². The summed E-state index contributed by atoms with van der Waals surface area (Å²) >= 11 is 0. The minimum Gasteiger partial charge on any atom is -0.388 e. The van der Waals surface area contributed by atoms with Gasteiger partial charge in [-0.25, -0.2) is 12.4 Å². The fraction of sp³-hybridized carbons (Fsp3) is 0.565. The van der Waals surface area contributed by atoms with Gasteiger partial charge in [0.2, 0.25) is 0 Å². The second-order valence-electron chi connectivity index (χ2n) is 8.35. The molecule has 1 aromatic carbocycles. The maximum absolute atomic E-state index is 13.4. The molecule has 164 valence electrons. The lowest BCUT2D eigenvalue weighted by atomic mass is 9.81. The van der Waals surface area contributed by atoms with Crippen LogP contribution in [0.25, 0.3) is 0 Å². The van der Waals surface area contributed by atoms with Crippen molar-refractivity contribution in [1.82, 2.24) is 8.87 Å². The van der Waals surface area contributed by atoms with E-state index < -0.39 is 16.1 Å². The van der Waals surface area contributed by atoms with Crippen molar-refractivity contribution in [2.75, 3.05) is 32.8 Å². The van der Waals surface area contributed by atoms with E-state index in [0.29, 0.717) is 12.8 Å². The summed E-state index contributed by atoms with van der Waals surface area (Å²) in [6.07, 6.45) is 2.48. The highest BCUT2D eigenvalue weighted by Gasteiger charge is 2.37. The molecule has 0 bridgehead atoms. The number of ether oxygens (including phenoxy) is 1. The number of rotatable bonds is 6. The first-order valence-corrected chi connectivity index (χ1v) is 12.4. The van der Waals surface area contributed by atoms with Crippen LogP contribution in [0.3, 0.4) is 0 Å². The highest BCUT2D eigenvalue weighted by atomic mass is 32.2. The molecule has 0 spiro atoms. The van der Waals surface area contributed by atoms with Crippen LogP contribution in [0.5, 0.6) is 0 Å². The van der Waals surface area contributed by atoms with E-state index in [1.54, 1.807) is 24.3 Å². The number of hydrogen-bond acceptors (Lipinski definition) is 5. The van der Waals surface area contributed by atoms with Crippen molar-refractivity contribution in [3.8, 4) is 0 Å². The number of aliphatic hydroxyl groups is 1. The van der Waals surface area contributed by atoms with E-state index in [1.165, 1.54) is 3.97 Å². The number of nitrogens with zero attached hydrogens (tertiary/aromatic N) is 2. The van der Waals surface area contributed by atoms with E-state index in [2.05, 4.69) is 4.90 Å². The van der Waals surface area contributed by atoms with Crippen LogP contribution in [0.1, 0.15) is 48.4 Å².